The highest BCUT2D eigenvalue weighted by atomic mass is 32.2. The van der Waals surface area contributed by atoms with E-state index in [1.807, 2.05) is 12.1 Å². The van der Waals surface area contributed by atoms with Crippen molar-refractivity contribution in [2.75, 3.05) is 18.8 Å². The van der Waals surface area contributed by atoms with Crippen molar-refractivity contribution in [3.63, 3.8) is 0 Å². The van der Waals surface area contributed by atoms with E-state index in [0.717, 1.165) is 23.2 Å². The van der Waals surface area contributed by atoms with Gasteiger partial charge in [0.1, 0.15) is 6.10 Å². The molecular weight excluding hydrogens is 367 g/mol. The fourth-order valence-electron chi connectivity index (χ4n) is 2.54. The van der Waals surface area contributed by atoms with Crippen molar-refractivity contribution in [2.45, 2.75) is 23.6 Å². The largest absolute Gasteiger partial charge is 0.472 e. The van der Waals surface area contributed by atoms with Crippen LogP contribution in [0.15, 0.2) is 47.8 Å². The molecule has 1 atom stereocenters. The molecule has 1 aliphatic rings. The summed E-state index contributed by atoms with van der Waals surface area (Å²) >= 11 is 1.42. The molecule has 0 aromatic carbocycles. The number of halogens is 3. The van der Waals surface area contributed by atoms with E-state index in [4.69, 9.17) is 4.74 Å². The SMILES string of the molecule is O=C(CSc1ccncc1)N1CC[C@@H](Oc2cc(C(F)(F)F)ccn2)C1. The van der Waals surface area contributed by atoms with Crippen LogP contribution in [0.1, 0.15) is 12.0 Å². The van der Waals surface area contributed by atoms with E-state index in [2.05, 4.69) is 9.97 Å². The van der Waals surface area contributed by atoms with Crippen molar-refractivity contribution in [3.8, 4) is 5.88 Å². The third kappa shape index (κ3) is 4.87. The fourth-order valence-corrected chi connectivity index (χ4v) is 3.33. The molecule has 0 N–H and O–H groups in total. The zero-order chi connectivity index (χ0) is 18.6. The first-order valence-corrected chi connectivity index (χ1v) is 8.91. The zero-order valence-electron chi connectivity index (χ0n) is 13.6. The van der Waals surface area contributed by atoms with Gasteiger partial charge in [-0.2, -0.15) is 13.2 Å². The van der Waals surface area contributed by atoms with Crippen molar-refractivity contribution >= 4 is 17.7 Å². The van der Waals surface area contributed by atoms with Crippen molar-refractivity contribution in [3.05, 3.63) is 48.4 Å². The maximum Gasteiger partial charge on any atom is 0.416 e. The van der Waals surface area contributed by atoms with Crippen molar-refractivity contribution < 1.29 is 22.7 Å². The number of carbonyl (C=O) groups is 1. The maximum atomic E-state index is 12.7. The summed E-state index contributed by atoms with van der Waals surface area (Å²) in [5.41, 5.74) is -0.804. The number of rotatable bonds is 5. The van der Waals surface area contributed by atoms with Crippen LogP contribution in [0.4, 0.5) is 13.2 Å². The van der Waals surface area contributed by atoms with Crippen molar-refractivity contribution in [2.24, 2.45) is 0 Å². The number of carbonyl (C=O) groups excluding carboxylic acids is 1. The van der Waals surface area contributed by atoms with Crippen LogP contribution in [0.25, 0.3) is 0 Å². The molecule has 2 aromatic heterocycles. The van der Waals surface area contributed by atoms with Crippen LogP contribution in [0.3, 0.4) is 0 Å². The van der Waals surface area contributed by atoms with Crippen molar-refractivity contribution in [1.82, 2.24) is 14.9 Å². The van der Waals surface area contributed by atoms with E-state index in [-0.39, 0.29) is 17.9 Å². The summed E-state index contributed by atoms with van der Waals surface area (Å²) in [4.78, 5) is 22.6. The van der Waals surface area contributed by atoms with Gasteiger partial charge in [0.05, 0.1) is 17.9 Å². The van der Waals surface area contributed by atoms with E-state index < -0.39 is 11.7 Å². The molecule has 1 saturated heterocycles. The minimum atomic E-state index is -4.44. The van der Waals surface area contributed by atoms with Gasteiger partial charge in [0.25, 0.3) is 0 Å². The van der Waals surface area contributed by atoms with E-state index in [1.54, 1.807) is 17.3 Å². The summed E-state index contributed by atoms with van der Waals surface area (Å²) in [7, 11) is 0. The van der Waals surface area contributed by atoms with Crippen LogP contribution in [-0.2, 0) is 11.0 Å². The predicted molar refractivity (Wildman–Crippen MR) is 89.8 cm³/mol. The first kappa shape index (κ1) is 18.5. The van der Waals surface area contributed by atoms with Crippen LogP contribution in [0.2, 0.25) is 0 Å². The van der Waals surface area contributed by atoms with Gasteiger partial charge >= 0.3 is 6.18 Å². The molecule has 1 fully saturated rings. The monoisotopic (exact) mass is 383 g/mol. The lowest BCUT2D eigenvalue weighted by atomic mass is 10.2. The Hall–Kier alpha value is -2.29. The van der Waals surface area contributed by atoms with Crippen LogP contribution in [-0.4, -0.2) is 45.7 Å². The number of alkyl halides is 3. The lowest BCUT2D eigenvalue weighted by molar-refractivity contribution is -0.137. The van der Waals surface area contributed by atoms with Gasteiger partial charge in [-0.25, -0.2) is 4.98 Å². The number of thioether (sulfide) groups is 1. The minimum absolute atomic E-state index is 0.0325. The average molecular weight is 383 g/mol. The van der Waals surface area contributed by atoms with Crippen LogP contribution >= 0.6 is 11.8 Å². The predicted octanol–water partition coefficient (Wildman–Crippen LogP) is 3.27. The second-order valence-corrected chi connectivity index (χ2v) is 6.77. The van der Waals surface area contributed by atoms with Gasteiger partial charge < -0.3 is 9.64 Å². The number of aromatic nitrogens is 2. The Bertz CT molecular complexity index is 758. The molecule has 3 heterocycles. The second-order valence-electron chi connectivity index (χ2n) is 5.72. The number of hydrogen-bond acceptors (Lipinski definition) is 5. The number of ether oxygens (including phenoxy) is 1. The Morgan fingerprint density at radius 1 is 1.27 bits per heavy atom. The Kier molecular flexibility index (Phi) is 5.65. The Labute approximate surface area is 152 Å². The van der Waals surface area contributed by atoms with E-state index >= 15 is 0 Å². The number of amides is 1. The molecule has 0 saturated carbocycles. The average Bonchev–Trinajstić information content (AvgIpc) is 3.09. The summed E-state index contributed by atoms with van der Waals surface area (Å²) in [6, 6.07) is 5.43. The molecule has 26 heavy (non-hydrogen) atoms. The van der Waals surface area contributed by atoms with Gasteiger partial charge in [-0.05, 0) is 18.2 Å². The van der Waals surface area contributed by atoms with Crippen LogP contribution < -0.4 is 4.74 Å². The van der Waals surface area contributed by atoms with E-state index in [1.165, 1.54) is 11.8 Å². The van der Waals surface area contributed by atoms with Crippen LogP contribution in [0.5, 0.6) is 5.88 Å². The van der Waals surface area contributed by atoms with E-state index in [0.29, 0.717) is 25.3 Å². The highest BCUT2D eigenvalue weighted by Crippen LogP contribution is 2.31. The standard InChI is InChI=1S/C17H16F3N3O2S/c18-17(19,20)12-1-7-22-15(9-12)25-13-4-8-23(10-13)16(24)11-26-14-2-5-21-6-3-14/h1-3,5-7,9,13H,4,8,10-11H2/t13-/m1/s1. The quantitative estimate of drug-likeness (QED) is 0.742. The number of hydrogen-bond donors (Lipinski definition) is 0. The Morgan fingerprint density at radius 3 is 2.77 bits per heavy atom. The lowest BCUT2D eigenvalue weighted by Crippen LogP contribution is -2.32. The molecule has 1 aliphatic heterocycles. The summed E-state index contributed by atoms with van der Waals surface area (Å²) in [6.45, 7) is 0.854. The molecule has 0 radical (unpaired) electrons. The lowest BCUT2D eigenvalue weighted by Gasteiger charge is -2.17. The zero-order valence-corrected chi connectivity index (χ0v) is 14.5. The normalized spacial score (nSPS) is 17.3. The fraction of sp³-hybridized carbons (Fsp3) is 0.353. The summed E-state index contributed by atoms with van der Waals surface area (Å²) < 4.78 is 43.7. The molecule has 1 amide bonds. The molecule has 0 spiro atoms. The third-order valence-corrected chi connectivity index (χ3v) is 4.86. The first-order valence-electron chi connectivity index (χ1n) is 7.92. The van der Waals surface area contributed by atoms with E-state index in [9.17, 15) is 18.0 Å². The summed E-state index contributed by atoms with van der Waals surface area (Å²) in [5, 5.41) is 0. The van der Waals surface area contributed by atoms with Gasteiger partial charge in [-0.3, -0.25) is 9.78 Å². The summed E-state index contributed by atoms with van der Waals surface area (Å²) in [5.74, 6) is 0.179. The molecule has 2 aromatic rings. The molecule has 0 unspecified atom stereocenters. The van der Waals surface area contributed by atoms with Crippen molar-refractivity contribution in [1.29, 1.82) is 0 Å². The van der Waals surface area contributed by atoms with Gasteiger partial charge in [-0.1, -0.05) is 0 Å². The van der Waals surface area contributed by atoms with Gasteiger partial charge in [-0.15, -0.1) is 11.8 Å². The molecule has 5 nitrogen and oxygen atoms in total. The topological polar surface area (TPSA) is 55.3 Å². The molecule has 9 heteroatoms. The second kappa shape index (κ2) is 7.94. The molecule has 0 aliphatic carbocycles. The minimum Gasteiger partial charge on any atom is -0.472 e. The molecule has 138 valence electrons. The Morgan fingerprint density at radius 2 is 2.04 bits per heavy atom. The first-order chi connectivity index (χ1) is 12.4. The smallest absolute Gasteiger partial charge is 0.416 e. The summed E-state index contributed by atoms with van der Waals surface area (Å²) in [6.07, 6.45) is 0.151. The molecular formula is C17H16F3N3O2S. The molecule has 0 bridgehead atoms. The number of likely N-dealkylation sites (tertiary alicyclic amines) is 1. The van der Waals surface area contributed by atoms with Gasteiger partial charge in [0.2, 0.25) is 11.8 Å². The highest BCUT2D eigenvalue weighted by molar-refractivity contribution is 8.00. The number of nitrogens with zero attached hydrogens (tertiary/aromatic N) is 3. The Balaban J connectivity index is 1.51. The van der Waals surface area contributed by atoms with Gasteiger partial charge in [0, 0.05) is 42.5 Å². The highest BCUT2D eigenvalue weighted by Gasteiger charge is 2.32. The third-order valence-electron chi connectivity index (χ3n) is 3.86. The number of pyridine rings is 2. The maximum absolute atomic E-state index is 12.7. The van der Waals surface area contributed by atoms with Gasteiger partial charge in [0.15, 0.2) is 0 Å². The molecule has 3 rings (SSSR count). The van der Waals surface area contributed by atoms with Crippen LogP contribution in [0, 0.1) is 0 Å².